The predicted octanol–water partition coefficient (Wildman–Crippen LogP) is 7.26. The fourth-order valence-corrected chi connectivity index (χ4v) is 7.59. The normalized spacial score (nSPS) is 15.8. The SMILES string of the molecule is CC1=C(C(=O)O)C(c2cccc([N+](=O)[O-])c2)C(C(=O)O)=C(C)N1CCCc1ccc(N2CCN(C(c3ccccc3)c3ccccc3)CC2)cc1. The number of hydrogen-bond donors (Lipinski definition) is 2. The van der Waals surface area contributed by atoms with Crippen LogP contribution in [0.25, 0.3) is 0 Å². The number of rotatable bonds is 12. The Kier molecular flexibility index (Phi) is 10.6. The third kappa shape index (κ3) is 7.56. The molecule has 6 rings (SSSR count). The molecule has 10 nitrogen and oxygen atoms in total. The molecule has 10 heteroatoms. The number of nitro benzene ring substituents is 1. The van der Waals surface area contributed by atoms with E-state index in [1.165, 1.54) is 41.1 Å². The van der Waals surface area contributed by atoms with Crippen LogP contribution in [0.4, 0.5) is 11.4 Å². The smallest absolute Gasteiger partial charge is 0.334 e. The highest BCUT2D eigenvalue weighted by Crippen LogP contribution is 2.43. The second-order valence-electron chi connectivity index (χ2n) is 13.1. The fourth-order valence-electron chi connectivity index (χ4n) is 7.59. The number of non-ortho nitro benzene ring substituents is 1. The highest BCUT2D eigenvalue weighted by Gasteiger charge is 2.39. The Hall–Kier alpha value is -5.74. The highest BCUT2D eigenvalue weighted by molar-refractivity contribution is 5.98. The lowest BCUT2D eigenvalue weighted by atomic mass is 9.79. The maximum absolute atomic E-state index is 12.6. The number of allylic oxidation sites excluding steroid dienone is 2. The summed E-state index contributed by atoms with van der Waals surface area (Å²) in [5.74, 6) is -3.66. The molecular formula is C41H42N4O6. The Labute approximate surface area is 297 Å². The van der Waals surface area contributed by atoms with E-state index in [4.69, 9.17) is 0 Å². The van der Waals surface area contributed by atoms with E-state index in [1.807, 2.05) is 0 Å². The standard InChI is InChI=1S/C41H42N4O6/c1-28-36(40(46)47)38(33-16-9-17-35(27-33)45(50)51)37(41(48)49)29(2)44(28)22-10-11-30-18-20-34(21-19-30)42-23-25-43(26-24-42)39(31-12-5-3-6-13-31)32-14-7-4-8-15-32/h3-9,12-21,27,38-39H,10-11,22-26H2,1-2H3,(H,46,47)(H,48,49). The number of hydrogen-bond acceptors (Lipinski definition) is 7. The van der Waals surface area contributed by atoms with Crippen LogP contribution >= 0.6 is 0 Å². The molecule has 0 atom stereocenters. The van der Waals surface area contributed by atoms with Gasteiger partial charge < -0.3 is 20.0 Å². The van der Waals surface area contributed by atoms with Gasteiger partial charge in [0.2, 0.25) is 0 Å². The van der Waals surface area contributed by atoms with Crippen molar-refractivity contribution in [1.82, 2.24) is 9.80 Å². The number of carboxylic acids is 2. The molecule has 1 saturated heterocycles. The Morgan fingerprint density at radius 1 is 0.765 bits per heavy atom. The van der Waals surface area contributed by atoms with Gasteiger partial charge in [0.05, 0.1) is 28.0 Å². The molecule has 4 aromatic carbocycles. The zero-order chi connectivity index (χ0) is 36.1. The number of benzene rings is 4. The number of carboxylic acid groups (broad SMARTS) is 2. The van der Waals surface area contributed by atoms with Gasteiger partial charge in [0.25, 0.3) is 5.69 Å². The third-order valence-electron chi connectivity index (χ3n) is 10.1. The average molecular weight is 687 g/mol. The minimum absolute atomic E-state index is 0.0956. The minimum atomic E-state index is -1.26. The van der Waals surface area contributed by atoms with Crippen molar-refractivity contribution in [2.24, 2.45) is 0 Å². The van der Waals surface area contributed by atoms with E-state index in [-0.39, 0.29) is 28.4 Å². The van der Waals surface area contributed by atoms with Crippen LogP contribution in [0.5, 0.6) is 0 Å². The highest BCUT2D eigenvalue weighted by atomic mass is 16.6. The Morgan fingerprint density at radius 2 is 1.31 bits per heavy atom. The van der Waals surface area contributed by atoms with Gasteiger partial charge in [-0.1, -0.05) is 84.9 Å². The van der Waals surface area contributed by atoms with E-state index in [1.54, 1.807) is 18.7 Å². The molecule has 0 bridgehead atoms. The lowest BCUT2D eigenvalue weighted by Crippen LogP contribution is -2.48. The van der Waals surface area contributed by atoms with Crippen LogP contribution in [0, 0.1) is 10.1 Å². The molecule has 0 radical (unpaired) electrons. The van der Waals surface area contributed by atoms with Crippen molar-refractivity contribution >= 4 is 23.3 Å². The Morgan fingerprint density at radius 3 is 1.82 bits per heavy atom. The molecule has 2 N–H and O–H groups in total. The van der Waals surface area contributed by atoms with Crippen LogP contribution in [0.15, 0.2) is 132 Å². The number of nitrogens with zero attached hydrogens (tertiary/aromatic N) is 4. The van der Waals surface area contributed by atoms with Gasteiger partial charge in [-0.2, -0.15) is 0 Å². The van der Waals surface area contributed by atoms with Crippen molar-refractivity contribution in [3.63, 3.8) is 0 Å². The maximum Gasteiger partial charge on any atom is 0.334 e. The molecule has 2 aliphatic heterocycles. The molecule has 51 heavy (non-hydrogen) atoms. The number of nitro groups is 1. The molecular weight excluding hydrogens is 644 g/mol. The molecule has 262 valence electrons. The largest absolute Gasteiger partial charge is 0.478 e. The van der Waals surface area contributed by atoms with Gasteiger partial charge >= 0.3 is 11.9 Å². The van der Waals surface area contributed by atoms with Gasteiger partial charge in [0, 0.05) is 61.9 Å². The monoisotopic (exact) mass is 686 g/mol. The summed E-state index contributed by atoms with van der Waals surface area (Å²) in [5.41, 5.74) is 5.59. The third-order valence-corrected chi connectivity index (χ3v) is 10.1. The van der Waals surface area contributed by atoms with Gasteiger partial charge in [0.1, 0.15) is 0 Å². The molecule has 2 aliphatic rings. The van der Waals surface area contributed by atoms with Crippen molar-refractivity contribution in [3.05, 3.63) is 164 Å². The molecule has 1 fully saturated rings. The second kappa shape index (κ2) is 15.4. The predicted molar refractivity (Wildman–Crippen MR) is 196 cm³/mol. The minimum Gasteiger partial charge on any atom is -0.478 e. The summed E-state index contributed by atoms with van der Waals surface area (Å²) < 4.78 is 0. The molecule has 2 heterocycles. The summed E-state index contributed by atoms with van der Waals surface area (Å²) >= 11 is 0. The van der Waals surface area contributed by atoms with Crippen LogP contribution < -0.4 is 4.90 Å². The molecule has 0 aromatic heterocycles. The molecule has 0 saturated carbocycles. The number of piperazine rings is 1. The van der Waals surface area contributed by atoms with Crippen LogP contribution in [-0.2, 0) is 16.0 Å². The van der Waals surface area contributed by atoms with Crippen LogP contribution in [0.1, 0.15) is 54.5 Å². The maximum atomic E-state index is 12.6. The van der Waals surface area contributed by atoms with E-state index < -0.39 is 22.8 Å². The first-order valence-electron chi connectivity index (χ1n) is 17.2. The number of anilines is 1. The van der Waals surface area contributed by atoms with Gasteiger partial charge in [-0.25, -0.2) is 9.59 Å². The lowest BCUT2D eigenvalue weighted by Gasteiger charge is -2.40. The van der Waals surface area contributed by atoms with Crippen molar-refractivity contribution in [2.45, 2.75) is 38.6 Å². The number of aryl methyl sites for hydroxylation is 1. The first-order chi connectivity index (χ1) is 24.6. The summed E-state index contributed by atoms with van der Waals surface area (Å²) in [4.78, 5) is 42.8. The summed E-state index contributed by atoms with van der Waals surface area (Å²) in [6, 6.07) is 35.6. The molecule has 0 unspecified atom stereocenters. The summed E-state index contributed by atoms with van der Waals surface area (Å²) in [5, 5.41) is 32.0. The molecule has 0 amide bonds. The number of carbonyl (C=O) groups is 2. The zero-order valence-corrected chi connectivity index (χ0v) is 28.8. The Bertz CT molecular complexity index is 1870. The van der Waals surface area contributed by atoms with Crippen LogP contribution in [0.2, 0.25) is 0 Å². The van der Waals surface area contributed by atoms with Crippen molar-refractivity contribution in [2.75, 3.05) is 37.6 Å². The van der Waals surface area contributed by atoms with E-state index in [0.29, 0.717) is 24.4 Å². The van der Waals surface area contributed by atoms with Gasteiger partial charge in [-0.15, -0.1) is 0 Å². The van der Waals surface area contributed by atoms with E-state index in [2.05, 4.69) is 94.7 Å². The van der Waals surface area contributed by atoms with Gasteiger partial charge in [-0.3, -0.25) is 15.0 Å². The quantitative estimate of drug-likeness (QED) is 0.117. The number of aliphatic carboxylic acids is 2. The van der Waals surface area contributed by atoms with E-state index in [0.717, 1.165) is 38.2 Å². The first kappa shape index (κ1) is 35.1. The zero-order valence-electron chi connectivity index (χ0n) is 28.8. The van der Waals surface area contributed by atoms with Crippen molar-refractivity contribution in [3.8, 4) is 0 Å². The molecule has 0 spiro atoms. The van der Waals surface area contributed by atoms with E-state index >= 15 is 0 Å². The first-order valence-corrected chi connectivity index (χ1v) is 17.2. The topological polar surface area (TPSA) is 127 Å². The molecule has 0 aliphatic carbocycles. The summed E-state index contributed by atoms with van der Waals surface area (Å²) in [6.45, 7) is 7.46. The average Bonchev–Trinajstić information content (AvgIpc) is 3.14. The van der Waals surface area contributed by atoms with Crippen molar-refractivity contribution in [1.29, 1.82) is 0 Å². The van der Waals surface area contributed by atoms with Crippen LogP contribution in [-0.4, -0.2) is 69.6 Å². The Balaban J connectivity index is 1.11. The molecule has 4 aromatic rings. The van der Waals surface area contributed by atoms with Crippen LogP contribution in [0.3, 0.4) is 0 Å². The van der Waals surface area contributed by atoms with Gasteiger partial charge in [0.15, 0.2) is 0 Å². The lowest BCUT2D eigenvalue weighted by molar-refractivity contribution is -0.384. The van der Waals surface area contributed by atoms with Crippen molar-refractivity contribution < 1.29 is 24.7 Å². The summed E-state index contributed by atoms with van der Waals surface area (Å²) in [7, 11) is 0. The second-order valence-corrected chi connectivity index (χ2v) is 13.1. The fraction of sp³-hybridized carbons (Fsp3) is 0.268. The summed E-state index contributed by atoms with van der Waals surface area (Å²) in [6.07, 6.45) is 1.38. The van der Waals surface area contributed by atoms with Gasteiger partial charge in [-0.05, 0) is 61.1 Å². The van der Waals surface area contributed by atoms with E-state index in [9.17, 15) is 29.9 Å².